The molecule has 0 radical (unpaired) electrons. The number of likely N-dealkylation sites (N-methyl/N-ethyl adjacent to an activating group) is 2. The first-order chi connectivity index (χ1) is 8.43. The fraction of sp³-hybridized carbons (Fsp3) is 0.462. The Morgan fingerprint density at radius 1 is 1.33 bits per heavy atom. The summed E-state index contributed by atoms with van der Waals surface area (Å²) in [6, 6.07) is 5.79. The van der Waals surface area contributed by atoms with Gasteiger partial charge in [0.05, 0.1) is 6.54 Å². The molecule has 0 aliphatic rings. The van der Waals surface area contributed by atoms with Gasteiger partial charge in [0.2, 0.25) is 5.91 Å². The van der Waals surface area contributed by atoms with Gasteiger partial charge >= 0.3 is 0 Å². The highest BCUT2D eigenvalue weighted by molar-refractivity contribution is 6.31. The number of carbonyl (C=O) groups is 1. The fourth-order valence-corrected chi connectivity index (χ4v) is 1.83. The molecule has 1 aromatic rings. The normalized spacial score (nSPS) is 10.8. The van der Waals surface area contributed by atoms with Crippen molar-refractivity contribution in [3.05, 3.63) is 34.3 Å². The highest BCUT2D eigenvalue weighted by atomic mass is 35.5. The van der Waals surface area contributed by atoms with Gasteiger partial charge in [-0.15, -0.1) is 0 Å². The molecule has 0 fully saturated rings. The minimum Gasteiger partial charge on any atom is -0.348 e. The van der Waals surface area contributed by atoms with Gasteiger partial charge in [-0.2, -0.15) is 0 Å². The van der Waals surface area contributed by atoms with Crippen molar-refractivity contribution >= 4 is 17.5 Å². The smallest absolute Gasteiger partial charge is 0.236 e. The Labute approximate surface area is 113 Å². The maximum Gasteiger partial charge on any atom is 0.236 e. The van der Waals surface area contributed by atoms with Crippen LogP contribution in [0.5, 0.6) is 0 Å². The second-order valence-corrected chi connectivity index (χ2v) is 5.00. The first-order valence-electron chi connectivity index (χ1n) is 5.80. The molecular weight excluding hydrogens is 250 g/mol. The lowest BCUT2D eigenvalue weighted by molar-refractivity contribution is -0.129. The molecule has 0 saturated carbocycles. The van der Waals surface area contributed by atoms with E-state index < -0.39 is 0 Å². The van der Waals surface area contributed by atoms with Crippen LogP contribution in [0.15, 0.2) is 18.2 Å². The second-order valence-electron chi connectivity index (χ2n) is 4.59. The summed E-state index contributed by atoms with van der Waals surface area (Å²) in [6.45, 7) is 1.50. The van der Waals surface area contributed by atoms with Crippen LogP contribution in [-0.4, -0.2) is 43.4 Å². The molecule has 4 nitrogen and oxygen atoms in total. The van der Waals surface area contributed by atoms with Gasteiger partial charge in [0.1, 0.15) is 0 Å². The largest absolute Gasteiger partial charge is 0.348 e. The van der Waals surface area contributed by atoms with Gasteiger partial charge < -0.3 is 10.6 Å². The number of benzene rings is 1. The molecule has 1 amide bonds. The third-order valence-corrected chi connectivity index (χ3v) is 3.05. The van der Waals surface area contributed by atoms with E-state index in [1.54, 1.807) is 19.0 Å². The second kappa shape index (κ2) is 6.73. The molecule has 0 bridgehead atoms. The Bertz CT molecular complexity index is 421. The van der Waals surface area contributed by atoms with Gasteiger partial charge in [0.25, 0.3) is 0 Å². The van der Waals surface area contributed by atoms with E-state index in [1.807, 2.05) is 30.1 Å². The SMILES string of the molecule is CN(CC(=O)N(C)C)Cc1ccc(CN)cc1Cl. The minimum absolute atomic E-state index is 0.0761. The zero-order valence-electron chi connectivity index (χ0n) is 11.1. The topological polar surface area (TPSA) is 49.6 Å². The van der Waals surface area contributed by atoms with E-state index in [1.165, 1.54) is 0 Å². The predicted molar refractivity (Wildman–Crippen MR) is 74.4 cm³/mol. The van der Waals surface area contributed by atoms with Crippen molar-refractivity contribution in [3.63, 3.8) is 0 Å². The Morgan fingerprint density at radius 2 is 2.00 bits per heavy atom. The van der Waals surface area contributed by atoms with Crippen molar-refractivity contribution in [1.82, 2.24) is 9.80 Å². The summed E-state index contributed by atoms with van der Waals surface area (Å²) in [7, 11) is 5.40. The Hall–Kier alpha value is -1.10. The highest BCUT2D eigenvalue weighted by Gasteiger charge is 2.10. The molecule has 2 N–H and O–H groups in total. The number of nitrogens with two attached hydrogens (primary N) is 1. The van der Waals surface area contributed by atoms with Crippen LogP contribution >= 0.6 is 11.6 Å². The molecule has 0 aromatic heterocycles. The number of carbonyl (C=O) groups excluding carboxylic acids is 1. The summed E-state index contributed by atoms with van der Waals surface area (Å²) in [6.07, 6.45) is 0. The lowest BCUT2D eigenvalue weighted by Gasteiger charge is -2.19. The lowest BCUT2D eigenvalue weighted by atomic mass is 10.1. The van der Waals surface area contributed by atoms with Crippen molar-refractivity contribution in [1.29, 1.82) is 0 Å². The van der Waals surface area contributed by atoms with Crippen LogP contribution in [-0.2, 0) is 17.9 Å². The van der Waals surface area contributed by atoms with E-state index in [0.717, 1.165) is 11.1 Å². The number of rotatable bonds is 5. The summed E-state index contributed by atoms with van der Waals surface area (Å²) < 4.78 is 0. The van der Waals surface area contributed by atoms with Gasteiger partial charge in [0.15, 0.2) is 0 Å². The summed E-state index contributed by atoms with van der Waals surface area (Å²) >= 11 is 6.17. The Balaban J connectivity index is 2.64. The van der Waals surface area contributed by atoms with Crippen LogP contribution in [0.1, 0.15) is 11.1 Å². The van der Waals surface area contributed by atoms with Crippen LogP contribution < -0.4 is 5.73 Å². The van der Waals surface area contributed by atoms with Crippen molar-refractivity contribution in [2.75, 3.05) is 27.7 Å². The molecule has 1 rings (SSSR count). The van der Waals surface area contributed by atoms with Crippen molar-refractivity contribution in [3.8, 4) is 0 Å². The van der Waals surface area contributed by atoms with E-state index in [-0.39, 0.29) is 5.91 Å². The molecule has 5 heteroatoms. The van der Waals surface area contributed by atoms with Crippen molar-refractivity contribution in [2.45, 2.75) is 13.1 Å². The van der Waals surface area contributed by atoms with Crippen LogP contribution in [0.3, 0.4) is 0 Å². The van der Waals surface area contributed by atoms with Gasteiger partial charge in [-0.1, -0.05) is 23.7 Å². The van der Waals surface area contributed by atoms with Crippen LogP contribution in [0.4, 0.5) is 0 Å². The lowest BCUT2D eigenvalue weighted by Crippen LogP contribution is -2.34. The zero-order chi connectivity index (χ0) is 13.7. The maximum absolute atomic E-state index is 11.6. The van der Waals surface area contributed by atoms with E-state index in [4.69, 9.17) is 17.3 Å². The number of nitrogens with zero attached hydrogens (tertiary/aromatic N) is 2. The Kier molecular flexibility index (Phi) is 5.59. The molecule has 0 aliphatic carbocycles. The number of amides is 1. The predicted octanol–water partition coefficient (Wildman–Crippen LogP) is 1.32. The van der Waals surface area contributed by atoms with Gasteiger partial charge in [0, 0.05) is 32.2 Å². The quantitative estimate of drug-likeness (QED) is 0.877. The van der Waals surface area contributed by atoms with Crippen molar-refractivity contribution in [2.24, 2.45) is 5.73 Å². The van der Waals surface area contributed by atoms with Crippen LogP contribution in [0.25, 0.3) is 0 Å². The number of hydrogen-bond acceptors (Lipinski definition) is 3. The molecule has 0 heterocycles. The molecule has 0 spiro atoms. The van der Waals surface area contributed by atoms with Gasteiger partial charge in [-0.05, 0) is 24.2 Å². The number of hydrogen-bond donors (Lipinski definition) is 1. The summed E-state index contributed by atoms with van der Waals surface area (Å²) in [5.74, 6) is 0.0761. The molecule has 100 valence electrons. The van der Waals surface area contributed by atoms with E-state index in [9.17, 15) is 4.79 Å². The van der Waals surface area contributed by atoms with Gasteiger partial charge in [-0.3, -0.25) is 9.69 Å². The molecule has 0 saturated heterocycles. The third kappa shape index (κ3) is 4.29. The molecule has 0 atom stereocenters. The van der Waals surface area contributed by atoms with Crippen LogP contribution in [0, 0.1) is 0 Å². The summed E-state index contributed by atoms with van der Waals surface area (Å²) in [5, 5.41) is 0.696. The monoisotopic (exact) mass is 269 g/mol. The minimum atomic E-state index is 0.0761. The molecule has 1 aromatic carbocycles. The first kappa shape index (κ1) is 15.0. The standard InChI is InChI=1S/C13H20ClN3O/c1-16(2)13(18)9-17(3)8-11-5-4-10(7-15)6-12(11)14/h4-6H,7-9,15H2,1-3H3. The number of halogens is 1. The summed E-state index contributed by atoms with van der Waals surface area (Å²) in [4.78, 5) is 15.1. The molecule has 0 unspecified atom stereocenters. The van der Waals surface area contributed by atoms with Gasteiger partial charge in [-0.25, -0.2) is 0 Å². The van der Waals surface area contributed by atoms with Crippen LogP contribution in [0.2, 0.25) is 5.02 Å². The summed E-state index contributed by atoms with van der Waals surface area (Å²) in [5.41, 5.74) is 7.56. The average Bonchev–Trinajstić information content (AvgIpc) is 2.31. The third-order valence-electron chi connectivity index (χ3n) is 2.70. The van der Waals surface area contributed by atoms with Crippen molar-refractivity contribution < 1.29 is 4.79 Å². The first-order valence-corrected chi connectivity index (χ1v) is 6.18. The molecule has 0 aliphatic heterocycles. The maximum atomic E-state index is 11.6. The molecular formula is C13H20ClN3O. The highest BCUT2D eigenvalue weighted by Crippen LogP contribution is 2.19. The van der Waals surface area contributed by atoms with E-state index in [0.29, 0.717) is 24.7 Å². The average molecular weight is 270 g/mol. The fourth-order valence-electron chi connectivity index (χ4n) is 1.57. The van der Waals surface area contributed by atoms with E-state index in [2.05, 4.69) is 0 Å². The molecule has 18 heavy (non-hydrogen) atoms. The Morgan fingerprint density at radius 3 is 2.50 bits per heavy atom. The van der Waals surface area contributed by atoms with E-state index >= 15 is 0 Å². The zero-order valence-corrected chi connectivity index (χ0v) is 11.9.